The van der Waals surface area contributed by atoms with E-state index in [1.807, 2.05) is 24.3 Å². The molecule has 2 heterocycles. The highest BCUT2D eigenvalue weighted by Gasteiger charge is 2.10. The Morgan fingerprint density at radius 2 is 2.00 bits per heavy atom. The third-order valence-corrected chi connectivity index (χ3v) is 4.31. The monoisotopic (exact) mass is 281 g/mol. The van der Waals surface area contributed by atoms with Crippen LogP contribution >= 0.6 is 11.3 Å². The van der Waals surface area contributed by atoms with Gasteiger partial charge in [0.2, 0.25) is 0 Å². The summed E-state index contributed by atoms with van der Waals surface area (Å²) in [6, 6.07) is 12.1. The molecule has 100 valence electrons. The van der Waals surface area contributed by atoms with Crippen LogP contribution in [0.5, 0.6) is 0 Å². The zero-order valence-electron chi connectivity index (χ0n) is 11.1. The standard InChI is InChI=1S/C17H15NOS/c19-17(9-3-6-14-7-4-10-20-14)16-12-18-11-13-5-1-2-8-15(13)16/h1-2,4-5,7-8,10-12H,3,6,9H2. The van der Waals surface area contributed by atoms with Gasteiger partial charge in [0.25, 0.3) is 0 Å². The molecular weight excluding hydrogens is 266 g/mol. The van der Waals surface area contributed by atoms with E-state index in [-0.39, 0.29) is 5.78 Å². The molecule has 0 unspecified atom stereocenters. The Labute approximate surface area is 122 Å². The van der Waals surface area contributed by atoms with Crippen molar-refractivity contribution >= 4 is 27.9 Å². The summed E-state index contributed by atoms with van der Waals surface area (Å²) >= 11 is 1.75. The van der Waals surface area contributed by atoms with Crippen LogP contribution in [0.1, 0.15) is 28.1 Å². The Balaban J connectivity index is 1.72. The number of thiophene rings is 1. The maximum atomic E-state index is 12.4. The fourth-order valence-corrected chi connectivity index (χ4v) is 3.10. The Kier molecular flexibility index (Phi) is 3.88. The van der Waals surface area contributed by atoms with Crippen LogP contribution in [0.2, 0.25) is 0 Å². The third kappa shape index (κ3) is 2.78. The summed E-state index contributed by atoms with van der Waals surface area (Å²) in [5.41, 5.74) is 0.745. The molecule has 3 aromatic rings. The molecule has 3 heteroatoms. The van der Waals surface area contributed by atoms with Gasteiger partial charge in [-0.25, -0.2) is 0 Å². The summed E-state index contributed by atoms with van der Waals surface area (Å²) in [4.78, 5) is 17.9. The van der Waals surface area contributed by atoms with E-state index >= 15 is 0 Å². The van der Waals surface area contributed by atoms with Gasteiger partial charge < -0.3 is 0 Å². The third-order valence-electron chi connectivity index (χ3n) is 3.38. The first-order valence-electron chi connectivity index (χ1n) is 6.73. The molecule has 0 saturated heterocycles. The Morgan fingerprint density at radius 3 is 2.85 bits per heavy atom. The van der Waals surface area contributed by atoms with Crippen LogP contribution in [0.3, 0.4) is 0 Å². The van der Waals surface area contributed by atoms with E-state index in [0.717, 1.165) is 29.2 Å². The molecule has 0 atom stereocenters. The summed E-state index contributed by atoms with van der Waals surface area (Å²) in [5, 5.41) is 4.10. The smallest absolute Gasteiger partial charge is 0.165 e. The van der Waals surface area contributed by atoms with Gasteiger partial charge in [0, 0.05) is 34.6 Å². The predicted octanol–water partition coefficient (Wildman–Crippen LogP) is 4.50. The second kappa shape index (κ2) is 5.97. The zero-order chi connectivity index (χ0) is 13.8. The quantitative estimate of drug-likeness (QED) is 0.644. The van der Waals surface area contributed by atoms with Crippen LogP contribution in [0, 0.1) is 0 Å². The molecule has 20 heavy (non-hydrogen) atoms. The first-order chi connectivity index (χ1) is 9.84. The number of rotatable bonds is 5. The highest BCUT2D eigenvalue weighted by atomic mass is 32.1. The first kappa shape index (κ1) is 13.0. The number of carbonyl (C=O) groups excluding carboxylic acids is 1. The van der Waals surface area contributed by atoms with E-state index in [1.54, 1.807) is 23.7 Å². The number of ketones is 1. The predicted molar refractivity (Wildman–Crippen MR) is 83.3 cm³/mol. The van der Waals surface area contributed by atoms with Crippen LogP contribution in [0.15, 0.2) is 54.2 Å². The molecule has 0 aliphatic carbocycles. The number of benzene rings is 1. The average Bonchev–Trinajstić information content (AvgIpc) is 3.00. The normalized spacial score (nSPS) is 10.8. The number of aromatic nitrogens is 1. The maximum absolute atomic E-state index is 12.4. The lowest BCUT2D eigenvalue weighted by Crippen LogP contribution is -2.01. The molecule has 1 aromatic carbocycles. The summed E-state index contributed by atoms with van der Waals surface area (Å²) < 4.78 is 0. The Hall–Kier alpha value is -2.00. The minimum atomic E-state index is 0.186. The van der Waals surface area contributed by atoms with Crippen molar-refractivity contribution in [2.45, 2.75) is 19.3 Å². The van der Waals surface area contributed by atoms with Crippen molar-refractivity contribution in [2.75, 3.05) is 0 Å². The average molecular weight is 281 g/mol. The lowest BCUT2D eigenvalue weighted by Gasteiger charge is -2.04. The van der Waals surface area contributed by atoms with Crippen molar-refractivity contribution in [3.8, 4) is 0 Å². The highest BCUT2D eigenvalue weighted by molar-refractivity contribution is 7.09. The highest BCUT2D eigenvalue weighted by Crippen LogP contribution is 2.20. The zero-order valence-corrected chi connectivity index (χ0v) is 11.9. The van der Waals surface area contributed by atoms with Gasteiger partial charge in [-0.2, -0.15) is 0 Å². The molecule has 2 nitrogen and oxygen atoms in total. The van der Waals surface area contributed by atoms with Gasteiger partial charge >= 0.3 is 0 Å². The Bertz CT molecular complexity index is 713. The van der Waals surface area contributed by atoms with Crippen LogP contribution in [0.25, 0.3) is 10.8 Å². The fraction of sp³-hybridized carbons (Fsp3) is 0.176. The summed E-state index contributed by atoms with van der Waals surface area (Å²) in [5.74, 6) is 0.186. The van der Waals surface area contributed by atoms with Crippen LogP contribution < -0.4 is 0 Å². The summed E-state index contributed by atoms with van der Waals surface area (Å²) in [7, 11) is 0. The van der Waals surface area contributed by atoms with Gasteiger partial charge in [-0.1, -0.05) is 30.3 Å². The number of hydrogen-bond donors (Lipinski definition) is 0. The molecule has 3 rings (SSSR count). The minimum Gasteiger partial charge on any atom is -0.294 e. The molecule has 0 spiro atoms. The number of hydrogen-bond acceptors (Lipinski definition) is 3. The van der Waals surface area contributed by atoms with Crippen LogP contribution in [0.4, 0.5) is 0 Å². The topological polar surface area (TPSA) is 30.0 Å². The van der Waals surface area contributed by atoms with Gasteiger partial charge in [0.05, 0.1) is 0 Å². The molecule has 0 aliphatic rings. The van der Waals surface area contributed by atoms with Crippen molar-refractivity contribution in [3.05, 3.63) is 64.6 Å². The van der Waals surface area contributed by atoms with Crippen molar-refractivity contribution in [1.29, 1.82) is 0 Å². The van der Waals surface area contributed by atoms with E-state index in [4.69, 9.17) is 0 Å². The molecule has 0 N–H and O–H groups in total. The van der Waals surface area contributed by atoms with Gasteiger partial charge in [0.15, 0.2) is 5.78 Å². The SMILES string of the molecule is O=C(CCCc1cccs1)c1cncc2ccccc12. The number of Topliss-reactive ketones (excluding diaryl/α,β-unsaturated/α-hetero) is 1. The first-order valence-corrected chi connectivity index (χ1v) is 7.61. The fourth-order valence-electron chi connectivity index (χ4n) is 2.35. The molecular formula is C17H15NOS. The van der Waals surface area contributed by atoms with E-state index in [1.165, 1.54) is 4.88 Å². The van der Waals surface area contributed by atoms with E-state index in [2.05, 4.69) is 22.5 Å². The molecule has 0 bridgehead atoms. The lowest BCUT2D eigenvalue weighted by molar-refractivity contribution is 0.0981. The van der Waals surface area contributed by atoms with Crippen LogP contribution in [-0.2, 0) is 6.42 Å². The van der Waals surface area contributed by atoms with Gasteiger partial charge in [0.1, 0.15) is 0 Å². The number of aryl methyl sites for hydroxylation is 1. The van der Waals surface area contributed by atoms with E-state index in [0.29, 0.717) is 6.42 Å². The molecule has 2 aromatic heterocycles. The van der Waals surface area contributed by atoms with Gasteiger partial charge in [-0.15, -0.1) is 11.3 Å². The van der Waals surface area contributed by atoms with Gasteiger partial charge in [-0.3, -0.25) is 9.78 Å². The number of nitrogens with zero attached hydrogens (tertiary/aromatic N) is 1. The van der Waals surface area contributed by atoms with Crippen molar-refractivity contribution < 1.29 is 4.79 Å². The number of carbonyl (C=O) groups is 1. The molecule has 0 amide bonds. The second-order valence-corrected chi connectivity index (χ2v) is 5.80. The molecule has 0 saturated carbocycles. The maximum Gasteiger partial charge on any atom is 0.165 e. The molecule has 0 fully saturated rings. The number of pyridine rings is 1. The molecule has 0 aliphatic heterocycles. The Morgan fingerprint density at radius 1 is 1.10 bits per heavy atom. The summed E-state index contributed by atoms with van der Waals surface area (Å²) in [6.07, 6.45) is 5.94. The molecule has 0 radical (unpaired) electrons. The van der Waals surface area contributed by atoms with Crippen LogP contribution in [-0.4, -0.2) is 10.8 Å². The van der Waals surface area contributed by atoms with Crippen molar-refractivity contribution in [2.24, 2.45) is 0 Å². The van der Waals surface area contributed by atoms with Gasteiger partial charge in [-0.05, 0) is 29.7 Å². The number of fused-ring (bicyclic) bond motifs is 1. The second-order valence-electron chi connectivity index (χ2n) is 4.76. The largest absolute Gasteiger partial charge is 0.294 e. The minimum absolute atomic E-state index is 0.186. The van der Waals surface area contributed by atoms with E-state index in [9.17, 15) is 4.79 Å². The van der Waals surface area contributed by atoms with E-state index < -0.39 is 0 Å². The lowest BCUT2D eigenvalue weighted by atomic mass is 10.0. The van der Waals surface area contributed by atoms with Crippen molar-refractivity contribution in [3.63, 3.8) is 0 Å². The van der Waals surface area contributed by atoms with Crippen molar-refractivity contribution in [1.82, 2.24) is 4.98 Å². The summed E-state index contributed by atoms with van der Waals surface area (Å²) in [6.45, 7) is 0.